The van der Waals surface area contributed by atoms with E-state index in [0.29, 0.717) is 12.6 Å². The number of nitrogens with zero attached hydrogens (tertiary/aromatic N) is 2. The van der Waals surface area contributed by atoms with Gasteiger partial charge in [0.25, 0.3) is 0 Å². The quantitative estimate of drug-likeness (QED) is 0.824. The van der Waals surface area contributed by atoms with E-state index in [0.717, 1.165) is 43.0 Å². The van der Waals surface area contributed by atoms with Crippen molar-refractivity contribution in [2.45, 2.75) is 44.3 Å². The number of hydrogen-bond acceptors (Lipinski definition) is 3. The molecule has 4 nitrogen and oxygen atoms in total. The number of amides is 1. The Kier molecular flexibility index (Phi) is 5.72. The minimum Gasteiger partial charge on any atom is -0.352 e. The number of likely N-dealkylation sites (N-methyl/N-ethyl adjacent to an activating group) is 1. The van der Waals surface area contributed by atoms with Gasteiger partial charge in [-0.2, -0.15) is 0 Å². The molecule has 1 heterocycles. The van der Waals surface area contributed by atoms with Gasteiger partial charge in [0.05, 0.1) is 6.54 Å². The van der Waals surface area contributed by atoms with Crippen LogP contribution in [0.1, 0.15) is 31.2 Å². The van der Waals surface area contributed by atoms with Crippen molar-refractivity contribution in [1.29, 1.82) is 0 Å². The van der Waals surface area contributed by atoms with Crippen LogP contribution in [0.15, 0.2) is 28.7 Å². The summed E-state index contributed by atoms with van der Waals surface area (Å²) < 4.78 is 1.08. The van der Waals surface area contributed by atoms with Gasteiger partial charge in [-0.15, -0.1) is 0 Å². The molecule has 0 bridgehead atoms. The van der Waals surface area contributed by atoms with Gasteiger partial charge in [0.1, 0.15) is 0 Å². The summed E-state index contributed by atoms with van der Waals surface area (Å²) in [5.41, 5.74) is 1.22. The Morgan fingerprint density at radius 3 is 2.48 bits per heavy atom. The minimum atomic E-state index is 0.148. The summed E-state index contributed by atoms with van der Waals surface area (Å²) in [6.45, 7) is 3.54. The van der Waals surface area contributed by atoms with Gasteiger partial charge in [0, 0.05) is 36.2 Å². The van der Waals surface area contributed by atoms with Crippen LogP contribution in [0.25, 0.3) is 0 Å². The largest absolute Gasteiger partial charge is 0.352 e. The summed E-state index contributed by atoms with van der Waals surface area (Å²) in [6.07, 6.45) is 4.94. The molecule has 2 aliphatic rings. The smallest absolute Gasteiger partial charge is 0.234 e. The number of carbonyl (C=O) groups excluding carboxylic acids is 1. The van der Waals surface area contributed by atoms with Crippen molar-refractivity contribution in [2.24, 2.45) is 0 Å². The van der Waals surface area contributed by atoms with Crippen LogP contribution < -0.4 is 5.32 Å². The van der Waals surface area contributed by atoms with E-state index < -0.39 is 0 Å². The third-order valence-electron chi connectivity index (χ3n) is 4.74. The first-order valence-corrected chi connectivity index (χ1v) is 9.36. The second-order valence-electron chi connectivity index (χ2n) is 6.91. The third kappa shape index (κ3) is 5.30. The molecule has 1 aliphatic carbocycles. The SMILES string of the molecule is CN(CC(=O)NC1CCN(C2CC2)CC1)Cc1ccc(Br)cc1. The van der Waals surface area contributed by atoms with Crippen LogP contribution in [0, 0.1) is 0 Å². The van der Waals surface area contributed by atoms with E-state index >= 15 is 0 Å². The fourth-order valence-corrected chi connectivity index (χ4v) is 3.59. The number of benzene rings is 1. The van der Waals surface area contributed by atoms with Crippen LogP contribution in [-0.4, -0.2) is 54.5 Å². The molecule has 1 aliphatic heterocycles. The average Bonchev–Trinajstić information content (AvgIpc) is 3.35. The number of piperidine rings is 1. The lowest BCUT2D eigenvalue weighted by Gasteiger charge is -2.32. The highest BCUT2D eigenvalue weighted by molar-refractivity contribution is 9.10. The van der Waals surface area contributed by atoms with Crippen molar-refractivity contribution >= 4 is 21.8 Å². The molecule has 126 valence electrons. The molecule has 23 heavy (non-hydrogen) atoms. The van der Waals surface area contributed by atoms with Crippen molar-refractivity contribution in [2.75, 3.05) is 26.7 Å². The Hall–Kier alpha value is -0.910. The number of carbonyl (C=O) groups is 1. The second-order valence-corrected chi connectivity index (χ2v) is 7.82. The van der Waals surface area contributed by atoms with E-state index in [1.165, 1.54) is 18.4 Å². The average molecular weight is 380 g/mol. The molecule has 1 N–H and O–H groups in total. The Balaban J connectivity index is 1.37. The molecule has 5 heteroatoms. The normalized spacial score (nSPS) is 20.0. The van der Waals surface area contributed by atoms with Crippen molar-refractivity contribution in [1.82, 2.24) is 15.1 Å². The van der Waals surface area contributed by atoms with Crippen molar-refractivity contribution in [3.8, 4) is 0 Å². The number of halogens is 1. The highest BCUT2D eigenvalue weighted by Gasteiger charge is 2.32. The molecule has 1 aromatic rings. The maximum Gasteiger partial charge on any atom is 0.234 e. The predicted molar refractivity (Wildman–Crippen MR) is 96.2 cm³/mol. The van der Waals surface area contributed by atoms with Gasteiger partial charge in [-0.25, -0.2) is 0 Å². The number of likely N-dealkylation sites (tertiary alicyclic amines) is 1. The lowest BCUT2D eigenvalue weighted by atomic mass is 10.0. The topological polar surface area (TPSA) is 35.6 Å². The van der Waals surface area contributed by atoms with Gasteiger partial charge in [-0.1, -0.05) is 28.1 Å². The molecule has 2 fully saturated rings. The maximum absolute atomic E-state index is 12.2. The maximum atomic E-state index is 12.2. The summed E-state index contributed by atoms with van der Waals surface area (Å²) in [5.74, 6) is 0.148. The van der Waals surface area contributed by atoms with Crippen LogP contribution in [-0.2, 0) is 11.3 Å². The lowest BCUT2D eigenvalue weighted by molar-refractivity contribution is -0.123. The molecule has 1 saturated carbocycles. The van der Waals surface area contributed by atoms with E-state index in [-0.39, 0.29) is 5.91 Å². The molecular formula is C18H26BrN3O. The van der Waals surface area contributed by atoms with E-state index in [9.17, 15) is 4.79 Å². The summed E-state index contributed by atoms with van der Waals surface area (Å²) in [5, 5.41) is 3.21. The van der Waals surface area contributed by atoms with Crippen molar-refractivity contribution in [3.05, 3.63) is 34.3 Å². The number of rotatable bonds is 6. The summed E-state index contributed by atoms with van der Waals surface area (Å²) in [6, 6.07) is 9.47. The first-order chi connectivity index (χ1) is 11.1. The van der Waals surface area contributed by atoms with E-state index in [1.807, 2.05) is 19.2 Å². The van der Waals surface area contributed by atoms with E-state index in [4.69, 9.17) is 0 Å². The lowest BCUT2D eigenvalue weighted by Crippen LogP contribution is -2.47. The summed E-state index contributed by atoms with van der Waals surface area (Å²) >= 11 is 3.44. The van der Waals surface area contributed by atoms with Gasteiger partial charge in [-0.3, -0.25) is 9.69 Å². The zero-order valence-electron chi connectivity index (χ0n) is 13.8. The predicted octanol–water partition coefficient (Wildman–Crippen LogP) is 2.62. The van der Waals surface area contributed by atoms with Gasteiger partial charge in [0.15, 0.2) is 0 Å². The van der Waals surface area contributed by atoms with Crippen molar-refractivity contribution < 1.29 is 4.79 Å². The van der Waals surface area contributed by atoms with Gasteiger partial charge in [0.2, 0.25) is 5.91 Å². The highest BCUT2D eigenvalue weighted by Crippen LogP contribution is 2.29. The zero-order valence-corrected chi connectivity index (χ0v) is 15.4. The fourth-order valence-electron chi connectivity index (χ4n) is 3.32. The Bertz CT molecular complexity index is 522. The molecule has 0 unspecified atom stereocenters. The fraction of sp³-hybridized carbons (Fsp3) is 0.611. The molecule has 1 amide bonds. The van der Waals surface area contributed by atoms with Crippen molar-refractivity contribution in [3.63, 3.8) is 0 Å². The first-order valence-electron chi connectivity index (χ1n) is 8.56. The van der Waals surface area contributed by atoms with E-state index in [1.54, 1.807) is 0 Å². The molecule has 1 saturated heterocycles. The molecule has 0 atom stereocenters. The second kappa shape index (κ2) is 7.77. The Morgan fingerprint density at radius 1 is 1.22 bits per heavy atom. The van der Waals surface area contributed by atoms with Crippen LogP contribution in [0.5, 0.6) is 0 Å². The zero-order chi connectivity index (χ0) is 16.2. The highest BCUT2D eigenvalue weighted by atomic mass is 79.9. The summed E-state index contributed by atoms with van der Waals surface area (Å²) in [7, 11) is 2.00. The third-order valence-corrected chi connectivity index (χ3v) is 5.27. The summed E-state index contributed by atoms with van der Waals surface area (Å²) in [4.78, 5) is 16.9. The molecule has 0 aromatic heterocycles. The van der Waals surface area contributed by atoms with Crippen LogP contribution in [0.3, 0.4) is 0 Å². The van der Waals surface area contributed by atoms with Gasteiger partial charge < -0.3 is 10.2 Å². The van der Waals surface area contributed by atoms with Gasteiger partial charge >= 0.3 is 0 Å². The number of hydrogen-bond donors (Lipinski definition) is 1. The minimum absolute atomic E-state index is 0.148. The Labute approximate surface area is 147 Å². The van der Waals surface area contributed by atoms with Gasteiger partial charge in [-0.05, 0) is 50.4 Å². The Morgan fingerprint density at radius 2 is 1.87 bits per heavy atom. The van der Waals surface area contributed by atoms with E-state index in [2.05, 4.69) is 43.2 Å². The molecule has 0 spiro atoms. The first kappa shape index (κ1) is 16.9. The monoisotopic (exact) mass is 379 g/mol. The molecule has 3 rings (SSSR count). The van der Waals surface area contributed by atoms with Crippen LogP contribution in [0.2, 0.25) is 0 Å². The molecule has 0 radical (unpaired) electrons. The standard InChI is InChI=1S/C18H26BrN3O/c1-21(12-14-2-4-15(19)5-3-14)13-18(23)20-16-8-10-22(11-9-16)17-6-7-17/h2-5,16-17H,6-13H2,1H3,(H,20,23). The van der Waals surface area contributed by atoms with Crippen LogP contribution >= 0.6 is 15.9 Å². The number of nitrogens with one attached hydrogen (secondary N) is 1. The molecule has 1 aromatic carbocycles. The van der Waals surface area contributed by atoms with Crippen LogP contribution in [0.4, 0.5) is 0 Å². The molecular weight excluding hydrogens is 354 g/mol.